The summed E-state index contributed by atoms with van der Waals surface area (Å²) in [5.74, 6) is -1.98. The van der Waals surface area contributed by atoms with Crippen LogP contribution in [-0.2, 0) is 20.8 Å². The van der Waals surface area contributed by atoms with E-state index in [1.807, 2.05) is 6.07 Å². The molecule has 0 saturated carbocycles. The molecule has 0 aliphatic carbocycles. The lowest BCUT2D eigenvalue weighted by atomic mass is 10.0. The normalized spacial score (nSPS) is 11.2. The topological polar surface area (TPSA) is 89.6 Å². The number of nitrogens with two attached hydrogens (primary N) is 1. The summed E-state index contributed by atoms with van der Waals surface area (Å²) < 4.78 is 0. The fourth-order valence-corrected chi connectivity index (χ4v) is 1.26. The molecule has 1 aromatic rings. The Kier molecular flexibility index (Phi) is 4.12. The lowest BCUT2D eigenvalue weighted by Crippen LogP contribution is -2.34. The van der Waals surface area contributed by atoms with E-state index in [0.29, 0.717) is 0 Å². The average molecular weight is 218 g/mol. The van der Waals surface area contributed by atoms with Gasteiger partial charge in [0.05, 0.1) is 0 Å². The molecule has 16 heavy (non-hydrogen) atoms. The first kappa shape index (κ1) is 11.8. The van der Waals surface area contributed by atoms with Crippen LogP contribution in [0.15, 0.2) is 35.3 Å². The minimum Gasteiger partial charge on any atom is -0.363 e. The lowest BCUT2D eigenvalue weighted by molar-refractivity contribution is -0.136. The second-order valence-corrected chi connectivity index (χ2v) is 3.15. The van der Waals surface area contributed by atoms with Gasteiger partial charge in [-0.25, -0.2) is 4.79 Å². The molecule has 0 saturated heterocycles. The zero-order valence-electron chi connectivity index (χ0n) is 8.42. The molecule has 0 bridgehead atoms. The summed E-state index contributed by atoms with van der Waals surface area (Å²) in [6.45, 7) is 0. The molecule has 82 valence electrons. The first-order chi connectivity index (χ1) is 7.65. The van der Waals surface area contributed by atoms with Crippen molar-refractivity contribution in [3.63, 3.8) is 0 Å². The number of hydrogen-bond donors (Lipinski definition) is 1. The summed E-state index contributed by atoms with van der Waals surface area (Å²) in [6.07, 6.45) is 1.43. The smallest absolute Gasteiger partial charge is 0.287 e. The van der Waals surface area contributed by atoms with Crippen molar-refractivity contribution in [1.82, 2.24) is 0 Å². The van der Waals surface area contributed by atoms with Crippen molar-refractivity contribution in [2.45, 2.75) is 12.5 Å². The van der Waals surface area contributed by atoms with E-state index in [-0.39, 0.29) is 6.42 Å². The summed E-state index contributed by atoms with van der Waals surface area (Å²) in [5, 5.41) is 0. The molecule has 0 aliphatic rings. The van der Waals surface area contributed by atoms with Crippen molar-refractivity contribution < 1.29 is 14.4 Å². The monoisotopic (exact) mass is 218 g/mol. The summed E-state index contributed by atoms with van der Waals surface area (Å²) in [6, 6.07) is 7.84. The van der Waals surface area contributed by atoms with E-state index in [9.17, 15) is 14.4 Å². The number of Topliss-reactive ketones (excluding diaryl/α,β-unsaturated/α-hetero) is 1. The van der Waals surface area contributed by atoms with Gasteiger partial charge in [-0.05, 0) is 5.56 Å². The maximum atomic E-state index is 11.3. The molecule has 2 N–H and O–H groups in total. The largest absolute Gasteiger partial charge is 0.363 e. The van der Waals surface area contributed by atoms with Crippen LogP contribution in [0, 0.1) is 0 Å². The van der Waals surface area contributed by atoms with Crippen LogP contribution >= 0.6 is 0 Å². The number of amides is 1. The number of aliphatic imine (C=N–C) groups is 1. The van der Waals surface area contributed by atoms with Crippen molar-refractivity contribution >= 4 is 17.8 Å². The van der Waals surface area contributed by atoms with E-state index < -0.39 is 17.7 Å². The van der Waals surface area contributed by atoms with Crippen molar-refractivity contribution in [3.05, 3.63) is 35.9 Å². The number of nitrogens with zero attached hydrogens (tertiary/aromatic N) is 1. The molecule has 0 aliphatic heterocycles. The molecule has 1 aromatic carbocycles. The van der Waals surface area contributed by atoms with E-state index in [2.05, 4.69) is 4.99 Å². The van der Waals surface area contributed by atoms with Gasteiger partial charge in [0, 0.05) is 6.42 Å². The predicted molar refractivity (Wildman–Crippen MR) is 56.3 cm³/mol. The Morgan fingerprint density at radius 1 is 1.31 bits per heavy atom. The third-order valence-corrected chi connectivity index (χ3v) is 2.03. The highest BCUT2D eigenvalue weighted by Crippen LogP contribution is 2.06. The fourth-order valence-electron chi connectivity index (χ4n) is 1.26. The second kappa shape index (κ2) is 5.58. The number of benzene rings is 1. The molecular weight excluding hydrogens is 208 g/mol. The van der Waals surface area contributed by atoms with Gasteiger partial charge in [0.15, 0.2) is 0 Å². The van der Waals surface area contributed by atoms with Crippen molar-refractivity contribution in [3.8, 4) is 0 Å². The Balaban J connectivity index is 2.84. The van der Waals surface area contributed by atoms with E-state index in [0.717, 1.165) is 5.56 Å². The van der Waals surface area contributed by atoms with Crippen LogP contribution in [0.25, 0.3) is 0 Å². The maximum Gasteiger partial charge on any atom is 0.287 e. The van der Waals surface area contributed by atoms with Crippen LogP contribution in [0.5, 0.6) is 0 Å². The summed E-state index contributed by atoms with van der Waals surface area (Å²) in [4.78, 5) is 35.4. The summed E-state index contributed by atoms with van der Waals surface area (Å²) in [7, 11) is 0. The first-order valence-corrected chi connectivity index (χ1v) is 4.59. The van der Waals surface area contributed by atoms with E-state index in [1.54, 1.807) is 24.3 Å². The van der Waals surface area contributed by atoms with Gasteiger partial charge >= 0.3 is 0 Å². The minimum atomic E-state index is -1.10. The molecule has 0 radical (unpaired) electrons. The van der Waals surface area contributed by atoms with Gasteiger partial charge < -0.3 is 5.73 Å². The highest BCUT2D eigenvalue weighted by Gasteiger charge is 2.22. The van der Waals surface area contributed by atoms with Crippen molar-refractivity contribution in [2.24, 2.45) is 10.7 Å². The van der Waals surface area contributed by atoms with Gasteiger partial charge in [0.25, 0.3) is 5.91 Å². The Morgan fingerprint density at radius 2 is 1.94 bits per heavy atom. The third kappa shape index (κ3) is 3.15. The highest BCUT2D eigenvalue weighted by atomic mass is 16.2. The number of rotatable bonds is 5. The average Bonchev–Trinajstić information content (AvgIpc) is 2.29. The van der Waals surface area contributed by atoms with Crippen LogP contribution in [0.4, 0.5) is 0 Å². The van der Waals surface area contributed by atoms with E-state index >= 15 is 0 Å². The van der Waals surface area contributed by atoms with Crippen LogP contribution in [-0.4, -0.2) is 23.8 Å². The SMILES string of the molecule is NC(=O)C(=O)C(Cc1ccccc1)N=C=O. The van der Waals surface area contributed by atoms with Crippen molar-refractivity contribution in [2.75, 3.05) is 0 Å². The molecule has 1 unspecified atom stereocenters. The number of primary amides is 1. The Morgan fingerprint density at radius 3 is 2.44 bits per heavy atom. The highest BCUT2D eigenvalue weighted by molar-refractivity contribution is 6.37. The van der Waals surface area contributed by atoms with Gasteiger partial charge in [-0.3, -0.25) is 9.59 Å². The summed E-state index contributed by atoms with van der Waals surface area (Å²) in [5.41, 5.74) is 5.64. The molecule has 1 rings (SSSR count). The standard InChI is InChI=1S/C11H10N2O3/c12-11(16)10(15)9(13-7-14)6-8-4-2-1-3-5-8/h1-5,9H,6H2,(H2,12,16). The molecule has 0 aromatic heterocycles. The van der Waals surface area contributed by atoms with Crippen LogP contribution in [0.3, 0.4) is 0 Å². The molecular formula is C11H10N2O3. The number of carbonyl (C=O) groups is 2. The maximum absolute atomic E-state index is 11.3. The molecule has 1 amide bonds. The summed E-state index contributed by atoms with van der Waals surface area (Å²) >= 11 is 0. The van der Waals surface area contributed by atoms with Crippen LogP contribution in [0.1, 0.15) is 5.56 Å². The van der Waals surface area contributed by atoms with Gasteiger partial charge in [0.2, 0.25) is 11.9 Å². The molecule has 0 heterocycles. The number of isocyanates is 1. The minimum absolute atomic E-state index is 0.165. The van der Waals surface area contributed by atoms with Gasteiger partial charge in [-0.2, -0.15) is 4.99 Å². The fraction of sp³-hybridized carbons (Fsp3) is 0.182. The quantitative estimate of drug-likeness (QED) is 0.428. The van der Waals surface area contributed by atoms with E-state index in [4.69, 9.17) is 5.73 Å². The second-order valence-electron chi connectivity index (χ2n) is 3.15. The van der Waals surface area contributed by atoms with Crippen molar-refractivity contribution in [1.29, 1.82) is 0 Å². The Labute approximate surface area is 92.0 Å². The van der Waals surface area contributed by atoms with Gasteiger partial charge in [0.1, 0.15) is 6.04 Å². The zero-order valence-corrected chi connectivity index (χ0v) is 8.42. The van der Waals surface area contributed by atoms with E-state index in [1.165, 1.54) is 6.08 Å². The lowest BCUT2D eigenvalue weighted by Gasteiger charge is -2.06. The first-order valence-electron chi connectivity index (χ1n) is 4.59. The zero-order chi connectivity index (χ0) is 12.0. The number of carbonyl (C=O) groups excluding carboxylic acids is 3. The molecule has 5 nitrogen and oxygen atoms in total. The predicted octanol–water partition coefficient (Wildman–Crippen LogP) is -0.0121. The van der Waals surface area contributed by atoms with Crippen LogP contribution in [0.2, 0.25) is 0 Å². The number of ketones is 1. The molecule has 0 spiro atoms. The molecule has 0 fully saturated rings. The Hall–Kier alpha value is -2.26. The molecule has 1 atom stereocenters. The number of hydrogen-bond acceptors (Lipinski definition) is 4. The third-order valence-electron chi connectivity index (χ3n) is 2.03. The van der Waals surface area contributed by atoms with Gasteiger partial charge in [-0.1, -0.05) is 30.3 Å². The Bertz CT molecular complexity index is 436. The van der Waals surface area contributed by atoms with Crippen LogP contribution < -0.4 is 5.73 Å². The molecule has 5 heteroatoms. The van der Waals surface area contributed by atoms with Gasteiger partial charge in [-0.15, -0.1) is 0 Å².